The molecule has 0 aromatic heterocycles. The molecule has 3 rings (SSSR count). The van der Waals surface area contributed by atoms with Gasteiger partial charge in [0, 0.05) is 7.05 Å². The van der Waals surface area contributed by atoms with Crippen molar-refractivity contribution in [2.45, 2.75) is 24.8 Å². The van der Waals surface area contributed by atoms with Crippen LogP contribution in [-0.2, 0) is 24.3 Å². The van der Waals surface area contributed by atoms with Gasteiger partial charge in [0.2, 0.25) is 0 Å². The SMILES string of the molecule is CCOC(=O)C1=C(COC(=O)c2ccc(S(=O)(=O)N(C)c3ccccc3)cc2)NC(=O)NC1C. The number of benzene rings is 2. The maximum absolute atomic E-state index is 12.9. The molecule has 1 unspecified atom stereocenters. The third-order valence-corrected chi connectivity index (χ3v) is 6.88. The lowest BCUT2D eigenvalue weighted by molar-refractivity contribution is -0.139. The highest BCUT2D eigenvalue weighted by atomic mass is 32.2. The van der Waals surface area contributed by atoms with Gasteiger partial charge in [-0.2, -0.15) is 0 Å². The fourth-order valence-corrected chi connectivity index (χ4v) is 4.51. The Morgan fingerprint density at radius 3 is 2.26 bits per heavy atom. The van der Waals surface area contributed by atoms with Gasteiger partial charge >= 0.3 is 18.0 Å². The molecule has 2 N–H and O–H groups in total. The minimum atomic E-state index is -3.83. The zero-order valence-corrected chi connectivity index (χ0v) is 19.7. The molecule has 0 aliphatic carbocycles. The average molecular weight is 488 g/mol. The van der Waals surface area contributed by atoms with Crippen LogP contribution in [0, 0.1) is 0 Å². The standard InChI is InChI=1S/C23H25N3O7S/c1-4-32-22(28)20-15(2)24-23(29)25-19(20)14-33-21(27)16-10-12-18(13-11-16)34(30,31)26(3)17-8-6-5-7-9-17/h5-13,15H,4,14H2,1-3H3,(H2,24,25,29). The van der Waals surface area contributed by atoms with Gasteiger partial charge < -0.3 is 20.1 Å². The fraction of sp³-hybridized carbons (Fsp3) is 0.261. The number of ether oxygens (including phenoxy) is 2. The molecule has 1 aliphatic rings. The van der Waals surface area contributed by atoms with Crippen LogP contribution in [0.5, 0.6) is 0 Å². The molecule has 0 bridgehead atoms. The van der Waals surface area contributed by atoms with Crippen molar-refractivity contribution in [2.24, 2.45) is 0 Å². The molecule has 34 heavy (non-hydrogen) atoms. The van der Waals surface area contributed by atoms with Crippen molar-refractivity contribution in [3.05, 3.63) is 71.4 Å². The summed E-state index contributed by atoms with van der Waals surface area (Å²) in [5.41, 5.74) is 0.870. The molecule has 2 aromatic rings. The van der Waals surface area contributed by atoms with Crippen molar-refractivity contribution in [3.63, 3.8) is 0 Å². The minimum Gasteiger partial charge on any atom is -0.463 e. The van der Waals surface area contributed by atoms with Crippen molar-refractivity contribution in [2.75, 3.05) is 24.6 Å². The van der Waals surface area contributed by atoms with Crippen LogP contribution < -0.4 is 14.9 Å². The van der Waals surface area contributed by atoms with E-state index in [4.69, 9.17) is 9.47 Å². The molecule has 1 heterocycles. The second kappa shape index (κ2) is 10.4. The summed E-state index contributed by atoms with van der Waals surface area (Å²) in [6.45, 7) is 3.03. The van der Waals surface area contributed by atoms with E-state index in [1.165, 1.54) is 31.3 Å². The number of carbonyl (C=O) groups excluding carboxylic acids is 3. The predicted octanol–water partition coefficient (Wildman–Crippen LogP) is 2.19. The van der Waals surface area contributed by atoms with Crippen molar-refractivity contribution in [1.82, 2.24) is 10.6 Å². The van der Waals surface area contributed by atoms with Gasteiger partial charge in [-0.15, -0.1) is 0 Å². The highest BCUT2D eigenvalue weighted by Crippen LogP contribution is 2.22. The molecule has 0 spiro atoms. The lowest BCUT2D eigenvalue weighted by Gasteiger charge is -2.26. The maximum Gasteiger partial charge on any atom is 0.338 e. The number of hydrogen-bond donors (Lipinski definition) is 2. The number of esters is 2. The Hall–Kier alpha value is -3.86. The Labute approximate surface area is 197 Å². The second-order valence-electron chi connectivity index (χ2n) is 7.34. The van der Waals surface area contributed by atoms with E-state index in [0.717, 1.165) is 4.31 Å². The molecule has 2 aromatic carbocycles. The number of anilines is 1. The zero-order valence-electron chi connectivity index (χ0n) is 18.9. The first-order valence-corrected chi connectivity index (χ1v) is 11.9. The number of nitrogens with one attached hydrogen (secondary N) is 2. The van der Waals surface area contributed by atoms with E-state index in [2.05, 4.69) is 10.6 Å². The smallest absolute Gasteiger partial charge is 0.338 e. The van der Waals surface area contributed by atoms with Crippen molar-refractivity contribution >= 4 is 33.7 Å². The third kappa shape index (κ3) is 5.37. The van der Waals surface area contributed by atoms with Crippen LogP contribution in [0.1, 0.15) is 24.2 Å². The van der Waals surface area contributed by atoms with E-state index in [9.17, 15) is 22.8 Å². The lowest BCUT2D eigenvalue weighted by Crippen LogP contribution is -2.50. The molecule has 0 saturated heterocycles. The highest BCUT2D eigenvalue weighted by Gasteiger charge is 2.30. The molecule has 0 radical (unpaired) electrons. The molecule has 2 amide bonds. The first-order chi connectivity index (χ1) is 16.1. The van der Waals surface area contributed by atoms with E-state index < -0.39 is 34.0 Å². The number of nitrogens with zero attached hydrogens (tertiary/aromatic N) is 1. The number of amides is 2. The largest absolute Gasteiger partial charge is 0.463 e. The molecule has 1 atom stereocenters. The molecule has 0 saturated carbocycles. The van der Waals surface area contributed by atoms with Gasteiger partial charge in [0.1, 0.15) is 6.61 Å². The van der Waals surface area contributed by atoms with Crippen LogP contribution in [-0.4, -0.2) is 52.7 Å². The van der Waals surface area contributed by atoms with E-state index in [0.29, 0.717) is 5.69 Å². The molecule has 180 valence electrons. The van der Waals surface area contributed by atoms with Gasteiger partial charge in [-0.25, -0.2) is 22.8 Å². The summed E-state index contributed by atoms with van der Waals surface area (Å²) in [6, 6.07) is 12.7. The highest BCUT2D eigenvalue weighted by molar-refractivity contribution is 7.92. The van der Waals surface area contributed by atoms with Gasteiger partial charge in [0.25, 0.3) is 10.0 Å². The Bertz CT molecular complexity index is 1210. The van der Waals surface area contributed by atoms with E-state index >= 15 is 0 Å². The Balaban J connectivity index is 1.74. The molecule has 10 nitrogen and oxygen atoms in total. The molecule has 1 aliphatic heterocycles. The number of hydrogen-bond acceptors (Lipinski definition) is 7. The summed E-state index contributed by atoms with van der Waals surface area (Å²) in [5, 5.41) is 5.02. The molecular weight excluding hydrogens is 462 g/mol. The van der Waals surface area contributed by atoms with Crippen LogP contribution in [0.2, 0.25) is 0 Å². The topological polar surface area (TPSA) is 131 Å². The summed E-state index contributed by atoms with van der Waals surface area (Å²) in [7, 11) is -2.39. The summed E-state index contributed by atoms with van der Waals surface area (Å²) in [5.74, 6) is -1.39. The van der Waals surface area contributed by atoms with Gasteiger partial charge in [-0.3, -0.25) is 4.31 Å². The van der Waals surface area contributed by atoms with E-state index in [-0.39, 0.29) is 34.9 Å². The summed E-state index contributed by atoms with van der Waals surface area (Å²) in [6.07, 6.45) is 0. The number of para-hydroxylation sites is 1. The number of sulfonamides is 1. The fourth-order valence-electron chi connectivity index (χ4n) is 3.31. The molecule has 0 fully saturated rings. The van der Waals surface area contributed by atoms with Gasteiger partial charge in [-0.05, 0) is 50.2 Å². The van der Waals surface area contributed by atoms with Crippen LogP contribution >= 0.6 is 0 Å². The van der Waals surface area contributed by atoms with E-state index in [1.807, 2.05) is 0 Å². The van der Waals surface area contributed by atoms with Crippen LogP contribution in [0.15, 0.2) is 70.8 Å². The molecule has 11 heteroatoms. The van der Waals surface area contributed by atoms with Crippen LogP contribution in [0.4, 0.5) is 10.5 Å². The van der Waals surface area contributed by atoms with E-state index in [1.54, 1.807) is 44.2 Å². The zero-order chi connectivity index (χ0) is 24.9. The number of urea groups is 1. The van der Waals surface area contributed by atoms with Gasteiger partial charge in [-0.1, -0.05) is 18.2 Å². The van der Waals surface area contributed by atoms with Crippen LogP contribution in [0.25, 0.3) is 0 Å². The van der Waals surface area contributed by atoms with Crippen LogP contribution in [0.3, 0.4) is 0 Å². The number of rotatable bonds is 8. The van der Waals surface area contributed by atoms with Gasteiger partial charge in [0.05, 0.1) is 40.1 Å². The summed E-state index contributed by atoms with van der Waals surface area (Å²) >= 11 is 0. The summed E-state index contributed by atoms with van der Waals surface area (Å²) in [4.78, 5) is 36.6. The first kappa shape index (κ1) is 24.8. The van der Waals surface area contributed by atoms with Crippen molar-refractivity contribution in [1.29, 1.82) is 0 Å². The predicted molar refractivity (Wildman–Crippen MR) is 124 cm³/mol. The quantitative estimate of drug-likeness (QED) is 0.546. The Morgan fingerprint density at radius 1 is 1.00 bits per heavy atom. The first-order valence-electron chi connectivity index (χ1n) is 10.4. The second-order valence-corrected chi connectivity index (χ2v) is 9.31. The summed E-state index contributed by atoms with van der Waals surface area (Å²) < 4.78 is 37.2. The third-order valence-electron chi connectivity index (χ3n) is 5.08. The average Bonchev–Trinajstić information content (AvgIpc) is 2.82. The minimum absolute atomic E-state index is 0.00199. The number of carbonyl (C=O) groups is 3. The van der Waals surface area contributed by atoms with Gasteiger partial charge in [0.15, 0.2) is 0 Å². The Morgan fingerprint density at radius 2 is 1.65 bits per heavy atom. The lowest BCUT2D eigenvalue weighted by atomic mass is 10.0. The monoisotopic (exact) mass is 487 g/mol. The normalized spacial score (nSPS) is 15.7. The Kier molecular flexibility index (Phi) is 7.57. The maximum atomic E-state index is 12.9. The van der Waals surface area contributed by atoms with Crippen molar-refractivity contribution < 1.29 is 32.3 Å². The molecular formula is C23H25N3O7S. The van der Waals surface area contributed by atoms with Crippen molar-refractivity contribution in [3.8, 4) is 0 Å².